The van der Waals surface area contributed by atoms with E-state index >= 15 is 0 Å². The van der Waals surface area contributed by atoms with Crippen LogP contribution in [0.1, 0.15) is 16.2 Å². The summed E-state index contributed by atoms with van der Waals surface area (Å²) in [5.41, 5.74) is 0.767. The molecule has 2 rings (SSSR count). The van der Waals surface area contributed by atoms with Crippen LogP contribution in [0, 0.1) is 0 Å². The van der Waals surface area contributed by atoms with Crippen LogP contribution in [0.5, 0.6) is 0 Å². The summed E-state index contributed by atoms with van der Waals surface area (Å²) in [7, 11) is 0. The quantitative estimate of drug-likeness (QED) is 0.646. The predicted molar refractivity (Wildman–Crippen MR) is 38.8 cm³/mol. The van der Waals surface area contributed by atoms with Crippen LogP contribution in [-0.4, -0.2) is 27.2 Å². The molecule has 0 amide bonds. The zero-order chi connectivity index (χ0) is 8.55. The van der Waals surface area contributed by atoms with Gasteiger partial charge in [-0.15, -0.1) is 0 Å². The van der Waals surface area contributed by atoms with Crippen molar-refractivity contribution < 1.29 is 14.6 Å². The number of carboxylic acid groups (broad SMARTS) is 1. The molecule has 0 atom stereocenters. The van der Waals surface area contributed by atoms with Gasteiger partial charge in [0.05, 0.1) is 25.2 Å². The molecule has 0 aliphatic carbocycles. The molecule has 0 spiro atoms. The molecular weight excluding hydrogens is 160 g/mol. The molecule has 1 aliphatic heterocycles. The fourth-order valence-corrected chi connectivity index (χ4v) is 1.26. The summed E-state index contributed by atoms with van der Waals surface area (Å²) in [6.07, 6.45) is 1.54. The summed E-state index contributed by atoms with van der Waals surface area (Å²) in [6.45, 7) is 1.67. The molecular formula is C7H8N2O3. The molecule has 0 saturated carbocycles. The monoisotopic (exact) mass is 168 g/mol. The van der Waals surface area contributed by atoms with Crippen molar-refractivity contribution in [2.45, 2.75) is 13.2 Å². The number of ether oxygens (including phenoxy) is 1. The smallest absolute Gasteiger partial charge is 0.356 e. The molecule has 0 radical (unpaired) electrons. The van der Waals surface area contributed by atoms with E-state index in [0.29, 0.717) is 25.5 Å². The number of imidazole rings is 1. The second-order valence-electron chi connectivity index (χ2n) is 2.59. The molecule has 5 nitrogen and oxygen atoms in total. The number of nitrogens with zero attached hydrogens (tertiary/aromatic N) is 2. The second-order valence-corrected chi connectivity index (χ2v) is 2.59. The van der Waals surface area contributed by atoms with Gasteiger partial charge in [0.25, 0.3) is 0 Å². The molecule has 2 heterocycles. The van der Waals surface area contributed by atoms with E-state index < -0.39 is 5.97 Å². The Morgan fingerprint density at radius 1 is 1.75 bits per heavy atom. The number of rotatable bonds is 1. The van der Waals surface area contributed by atoms with Gasteiger partial charge < -0.3 is 14.4 Å². The van der Waals surface area contributed by atoms with Crippen molar-refractivity contribution in [2.24, 2.45) is 0 Å². The molecule has 0 aromatic carbocycles. The van der Waals surface area contributed by atoms with Crippen LogP contribution in [-0.2, 0) is 17.9 Å². The summed E-state index contributed by atoms with van der Waals surface area (Å²) in [5.74, 6) is -0.991. The summed E-state index contributed by atoms with van der Waals surface area (Å²) >= 11 is 0. The highest BCUT2D eigenvalue weighted by atomic mass is 16.5. The predicted octanol–water partition coefficient (Wildman–Crippen LogP) is 0.111. The van der Waals surface area contributed by atoms with Gasteiger partial charge in [0.2, 0.25) is 0 Å². The number of fused-ring (bicyclic) bond motifs is 1. The van der Waals surface area contributed by atoms with Crippen LogP contribution in [0.15, 0.2) is 6.33 Å². The van der Waals surface area contributed by atoms with Crippen LogP contribution in [0.25, 0.3) is 0 Å². The number of hydrogen-bond donors (Lipinski definition) is 1. The Bertz CT molecular complexity index is 318. The maximum absolute atomic E-state index is 10.6. The molecule has 1 aliphatic rings. The van der Waals surface area contributed by atoms with Crippen molar-refractivity contribution in [3.63, 3.8) is 0 Å². The van der Waals surface area contributed by atoms with Gasteiger partial charge in [0.15, 0.2) is 5.69 Å². The third-order valence-corrected chi connectivity index (χ3v) is 1.86. The maximum Gasteiger partial charge on any atom is 0.356 e. The number of carboxylic acids is 1. The first-order valence-corrected chi connectivity index (χ1v) is 3.64. The highest BCUT2D eigenvalue weighted by molar-refractivity contribution is 5.86. The number of aromatic nitrogens is 2. The van der Waals surface area contributed by atoms with Crippen LogP contribution in [0.4, 0.5) is 0 Å². The van der Waals surface area contributed by atoms with Gasteiger partial charge in [-0.2, -0.15) is 0 Å². The van der Waals surface area contributed by atoms with Crippen molar-refractivity contribution in [1.29, 1.82) is 0 Å². The van der Waals surface area contributed by atoms with Crippen molar-refractivity contribution in [3.05, 3.63) is 17.7 Å². The Hall–Kier alpha value is -1.36. The van der Waals surface area contributed by atoms with Gasteiger partial charge in [-0.05, 0) is 0 Å². The summed E-state index contributed by atoms with van der Waals surface area (Å²) in [6, 6.07) is 0. The summed E-state index contributed by atoms with van der Waals surface area (Å²) in [4.78, 5) is 14.4. The Labute approximate surface area is 68.6 Å². The topological polar surface area (TPSA) is 64.3 Å². The van der Waals surface area contributed by atoms with Crippen molar-refractivity contribution in [3.8, 4) is 0 Å². The van der Waals surface area contributed by atoms with Gasteiger partial charge in [0, 0.05) is 6.54 Å². The van der Waals surface area contributed by atoms with Crippen molar-refractivity contribution >= 4 is 5.97 Å². The lowest BCUT2D eigenvalue weighted by Crippen LogP contribution is -2.17. The van der Waals surface area contributed by atoms with E-state index in [1.165, 1.54) is 0 Å². The molecule has 1 N–H and O–H groups in total. The lowest BCUT2D eigenvalue weighted by atomic mass is 10.3. The molecule has 1 aromatic heterocycles. The highest BCUT2D eigenvalue weighted by Crippen LogP contribution is 2.12. The molecule has 0 bridgehead atoms. The molecule has 0 saturated heterocycles. The van der Waals surface area contributed by atoms with Gasteiger partial charge in [0.1, 0.15) is 0 Å². The summed E-state index contributed by atoms with van der Waals surface area (Å²) in [5, 5.41) is 8.70. The fraction of sp³-hybridized carbons (Fsp3) is 0.429. The van der Waals surface area contributed by atoms with E-state index in [4.69, 9.17) is 9.84 Å². The molecule has 64 valence electrons. The van der Waals surface area contributed by atoms with Crippen LogP contribution < -0.4 is 0 Å². The average molecular weight is 168 g/mol. The normalized spacial score (nSPS) is 15.7. The average Bonchev–Trinajstić information content (AvgIpc) is 2.47. The van der Waals surface area contributed by atoms with E-state index in [0.717, 1.165) is 0 Å². The van der Waals surface area contributed by atoms with Crippen LogP contribution in [0.3, 0.4) is 0 Å². The number of hydrogen-bond acceptors (Lipinski definition) is 3. The minimum absolute atomic E-state index is 0.106. The zero-order valence-corrected chi connectivity index (χ0v) is 6.36. The first-order valence-electron chi connectivity index (χ1n) is 3.64. The van der Waals surface area contributed by atoms with E-state index in [2.05, 4.69) is 4.98 Å². The molecule has 12 heavy (non-hydrogen) atoms. The standard InChI is InChI=1S/C7H8N2O3/c10-7(11)6-5-3-12-2-1-9(5)4-8-6/h4H,1-3H2,(H,10,11). The first-order chi connectivity index (χ1) is 5.79. The van der Waals surface area contributed by atoms with E-state index in [1.54, 1.807) is 6.33 Å². The SMILES string of the molecule is O=C(O)c1ncn2c1COCC2. The van der Waals surface area contributed by atoms with Crippen LogP contribution >= 0.6 is 0 Å². The molecule has 0 unspecified atom stereocenters. The van der Waals surface area contributed by atoms with E-state index in [9.17, 15) is 4.79 Å². The third kappa shape index (κ3) is 0.984. The van der Waals surface area contributed by atoms with E-state index in [1.807, 2.05) is 4.57 Å². The first kappa shape index (κ1) is 7.30. The maximum atomic E-state index is 10.6. The lowest BCUT2D eigenvalue weighted by Gasteiger charge is -2.14. The largest absolute Gasteiger partial charge is 0.476 e. The number of aromatic carboxylic acids is 1. The molecule has 1 aromatic rings. The third-order valence-electron chi connectivity index (χ3n) is 1.86. The molecule has 5 heteroatoms. The molecule has 0 fully saturated rings. The summed E-state index contributed by atoms with van der Waals surface area (Å²) < 4.78 is 6.93. The van der Waals surface area contributed by atoms with Crippen LogP contribution in [0.2, 0.25) is 0 Å². The van der Waals surface area contributed by atoms with Gasteiger partial charge in [-0.25, -0.2) is 9.78 Å². The number of carbonyl (C=O) groups is 1. The minimum atomic E-state index is -0.991. The highest BCUT2D eigenvalue weighted by Gasteiger charge is 2.19. The second kappa shape index (κ2) is 2.60. The lowest BCUT2D eigenvalue weighted by molar-refractivity contribution is 0.0657. The van der Waals surface area contributed by atoms with Crippen molar-refractivity contribution in [1.82, 2.24) is 9.55 Å². The Balaban J connectivity index is 2.44. The minimum Gasteiger partial charge on any atom is -0.476 e. The van der Waals surface area contributed by atoms with E-state index in [-0.39, 0.29) is 5.69 Å². The van der Waals surface area contributed by atoms with Crippen molar-refractivity contribution in [2.75, 3.05) is 6.61 Å². The Morgan fingerprint density at radius 2 is 2.58 bits per heavy atom. The van der Waals surface area contributed by atoms with Gasteiger partial charge >= 0.3 is 5.97 Å². The Kier molecular flexibility index (Phi) is 1.58. The van der Waals surface area contributed by atoms with Gasteiger partial charge in [-0.3, -0.25) is 0 Å². The van der Waals surface area contributed by atoms with Gasteiger partial charge in [-0.1, -0.05) is 0 Å². The Morgan fingerprint density at radius 3 is 3.33 bits per heavy atom. The fourth-order valence-electron chi connectivity index (χ4n) is 1.26. The zero-order valence-electron chi connectivity index (χ0n) is 6.36.